The van der Waals surface area contributed by atoms with E-state index < -0.39 is 47.4 Å². The van der Waals surface area contributed by atoms with Crippen LogP contribution in [0.4, 0.5) is 0 Å². The number of carboxylic acid groups (broad SMARTS) is 1. The molecule has 0 unspecified atom stereocenters. The van der Waals surface area contributed by atoms with Gasteiger partial charge in [-0.25, -0.2) is 14.4 Å². The summed E-state index contributed by atoms with van der Waals surface area (Å²) in [7, 11) is 0. The summed E-state index contributed by atoms with van der Waals surface area (Å²) in [6.45, 7) is 16.4. The monoisotopic (exact) mass is 360 g/mol. The number of aliphatic carboxylic acids is 1. The third-order valence-corrected chi connectivity index (χ3v) is 5.47. The maximum Gasteiger partial charge on any atom is 0.334 e. The van der Waals surface area contributed by atoms with Crippen LogP contribution in [0.3, 0.4) is 0 Å². The Bertz CT molecular complexity index is 731. The molecule has 1 heterocycles. The van der Waals surface area contributed by atoms with Crippen molar-refractivity contribution >= 4 is 17.9 Å². The molecule has 140 valence electrons. The topological polar surface area (TPSA) is 89.9 Å². The van der Waals surface area contributed by atoms with Gasteiger partial charge in [-0.2, -0.15) is 0 Å². The van der Waals surface area contributed by atoms with Gasteiger partial charge in [-0.15, -0.1) is 6.58 Å². The Balaban J connectivity index is 2.49. The van der Waals surface area contributed by atoms with E-state index >= 15 is 0 Å². The standard InChI is InChI=1S/C20H24O6/c1-7-10(3)18(23)25-13-9-20(6,8-2)15(12(5)17(21)22)16-14(13)11(4)19(24)26-16/h7-8,13-16H,2,4-5,9H2,1,3,6H3,(H,21,22)/b10-7+/t13-,14-,15-,16+,20-/m1/s1. The Kier molecular flexibility index (Phi) is 5.26. The molecule has 2 fully saturated rings. The zero-order chi connectivity index (χ0) is 19.8. The van der Waals surface area contributed by atoms with Crippen molar-refractivity contribution in [2.75, 3.05) is 0 Å². The average Bonchev–Trinajstić information content (AvgIpc) is 2.88. The summed E-state index contributed by atoms with van der Waals surface area (Å²) in [5.41, 5.74) is -0.231. The van der Waals surface area contributed by atoms with Crippen LogP contribution in [-0.4, -0.2) is 35.2 Å². The van der Waals surface area contributed by atoms with Crippen molar-refractivity contribution in [3.05, 3.63) is 48.6 Å². The van der Waals surface area contributed by atoms with Gasteiger partial charge in [-0.3, -0.25) is 0 Å². The molecule has 2 aliphatic rings. The highest BCUT2D eigenvalue weighted by Gasteiger charge is 2.59. The van der Waals surface area contributed by atoms with Gasteiger partial charge in [-0.1, -0.05) is 32.2 Å². The molecule has 0 amide bonds. The van der Waals surface area contributed by atoms with Gasteiger partial charge in [0.1, 0.15) is 12.2 Å². The first-order valence-electron chi connectivity index (χ1n) is 8.36. The number of hydrogen-bond donors (Lipinski definition) is 1. The first kappa shape index (κ1) is 19.7. The highest BCUT2D eigenvalue weighted by molar-refractivity contribution is 5.93. The highest BCUT2D eigenvalue weighted by atomic mass is 16.6. The van der Waals surface area contributed by atoms with Crippen molar-refractivity contribution in [3.8, 4) is 0 Å². The minimum Gasteiger partial charge on any atom is -0.478 e. The van der Waals surface area contributed by atoms with E-state index in [4.69, 9.17) is 9.47 Å². The Labute approximate surface area is 152 Å². The molecular formula is C20H24O6. The quantitative estimate of drug-likeness (QED) is 0.461. The number of esters is 2. The maximum absolute atomic E-state index is 12.3. The van der Waals surface area contributed by atoms with E-state index in [0.717, 1.165) is 0 Å². The second-order valence-corrected chi connectivity index (χ2v) is 7.06. The van der Waals surface area contributed by atoms with E-state index in [1.165, 1.54) is 0 Å². The highest BCUT2D eigenvalue weighted by Crippen LogP contribution is 2.53. The molecule has 1 saturated heterocycles. The van der Waals surface area contributed by atoms with E-state index in [-0.39, 0.29) is 17.6 Å². The first-order chi connectivity index (χ1) is 12.1. The van der Waals surface area contributed by atoms with Gasteiger partial charge in [0.25, 0.3) is 0 Å². The Morgan fingerprint density at radius 2 is 2.04 bits per heavy atom. The molecule has 1 aliphatic carbocycles. The first-order valence-corrected chi connectivity index (χ1v) is 8.36. The Morgan fingerprint density at radius 3 is 2.54 bits per heavy atom. The van der Waals surface area contributed by atoms with Crippen molar-refractivity contribution in [3.63, 3.8) is 0 Å². The summed E-state index contributed by atoms with van der Waals surface area (Å²) in [4.78, 5) is 35.9. The molecule has 0 aromatic carbocycles. The third kappa shape index (κ3) is 3.11. The van der Waals surface area contributed by atoms with Gasteiger partial charge in [0.2, 0.25) is 0 Å². The van der Waals surface area contributed by atoms with Crippen LogP contribution in [0.15, 0.2) is 48.6 Å². The predicted octanol–water partition coefficient (Wildman–Crippen LogP) is 2.82. The number of carboxylic acids is 1. The van der Waals surface area contributed by atoms with E-state index in [9.17, 15) is 19.5 Å². The zero-order valence-electron chi connectivity index (χ0n) is 15.3. The van der Waals surface area contributed by atoms with E-state index in [2.05, 4.69) is 19.7 Å². The largest absolute Gasteiger partial charge is 0.478 e. The van der Waals surface area contributed by atoms with E-state index in [0.29, 0.717) is 5.57 Å². The summed E-state index contributed by atoms with van der Waals surface area (Å²) >= 11 is 0. The lowest BCUT2D eigenvalue weighted by Gasteiger charge is -2.47. The van der Waals surface area contributed by atoms with Crippen LogP contribution in [0.1, 0.15) is 27.2 Å². The lowest BCUT2D eigenvalue weighted by atomic mass is 9.59. The number of rotatable bonds is 5. The molecule has 1 N–H and O–H groups in total. The Hall–Kier alpha value is -2.63. The maximum atomic E-state index is 12.3. The second-order valence-electron chi connectivity index (χ2n) is 7.06. The van der Waals surface area contributed by atoms with Crippen molar-refractivity contribution in [1.82, 2.24) is 0 Å². The van der Waals surface area contributed by atoms with Crippen molar-refractivity contribution in [2.24, 2.45) is 17.3 Å². The number of carbonyl (C=O) groups excluding carboxylic acids is 2. The number of carbonyl (C=O) groups is 3. The molecule has 0 aromatic rings. The normalized spacial score (nSPS) is 33.9. The minimum absolute atomic E-state index is 0.0701. The smallest absolute Gasteiger partial charge is 0.334 e. The average molecular weight is 360 g/mol. The van der Waals surface area contributed by atoms with Gasteiger partial charge < -0.3 is 14.6 Å². The number of fused-ring (bicyclic) bond motifs is 1. The summed E-state index contributed by atoms with van der Waals surface area (Å²) in [6, 6.07) is 0. The fraction of sp³-hybridized carbons (Fsp3) is 0.450. The summed E-state index contributed by atoms with van der Waals surface area (Å²) in [6.07, 6.45) is 2.03. The van der Waals surface area contributed by atoms with Gasteiger partial charge >= 0.3 is 17.9 Å². The summed E-state index contributed by atoms with van der Waals surface area (Å²) < 4.78 is 11.1. The molecule has 0 bridgehead atoms. The van der Waals surface area contributed by atoms with Crippen LogP contribution in [0.25, 0.3) is 0 Å². The fourth-order valence-electron chi connectivity index (χ4n) is 3.78. The molecule has 6 nitrogen and oxygen atoms in total. The van der Waals surface area contributed by atoms with E-state index in [1.807, 2.05) is 0 Å². The molecule has 2 rings (SSSR count). The van der Waals surface area contributed by atoms with Gasteiger partial charge in [-0.05, 0) is 25.7 Å². The van der Waals surface area contributed by atoms with Crippen LogP contribution in [0, 0.1) is 17.3 Å². The van der Waals surface area contributed by atoms with Crippen LogP contribution < -0.4 is 0 Å². The summed E-state index contributed by atoms with van der Waals surface area (Å²) in [5.74, 6) is -3.59. The molecular weight excluding hydrogens is 336 g/mol. The molecule has 6 heteroatoms. The van der Waals surface area contributed by atoms with Crippen LogP contribution in [0.5, 0.6) is 0 Å². The molecule has 0 spiro atoms. The third-order valence-electron chi connectivity index (χ3n) is 5.47. The van der Waals surface area contributed by atoms with E-state index in [1.54, 1.807) is 32.9 Å². The molecule has 5 atom stereocenters. The lowest BCUT2D eigenvalue weighted by molar-refractivity contribution is -0.160. The SMILES string of the molecule is C=C[C@]1(C)C[C@@H](OC(=O)/C(C)=C/C)[C@H]2C(=C)C(=O)O[C@@H]2[C@H]1C(=C)C(=O)O. The van der Waals surface area contributed by atoms with Gasteiger partial charge in [0.05, 0.1) is 5.92 Å². The molecule has 0 radical (unpaired) electrons. The van der Waals surface area contributed by atoms with Crippen molar-refractivity contribution in [2.45, 2.75) is 39.4 Å². The van der Waals surface area contributed by atoms with Crippen molar-refractivity contribution in [1.29, 1.82) is 0 Å². The predicted molar refractivity (Wildman–Crippen MR) is 95.0 cm³/mol. The number of ether oxygens (including phenoxy) is 2. The minimum atomic E-state index is -1.17. The number of allylic oxidation sites excluding steroid dienone is 2. The fourth-order valence-corrected chi connectivity index (χ4v) is 3.78. The molecule has 0 aromatic heterocycles. The lowest BCUT2D eigenvalue weighted by Crippen LogP contribution is -2.52. The molecule has 26 heavy (non-hydrogen) atoms. The second kappa shape index (κ2) is 6.94. The van der Waals surface area contributed by atoms with Crippen LogP contribution in [0.2, 0.25) is 0 Å². The van der Waals surface area contributed by atoms with Gasteiger partial charge in [0.15, 0.2) is 0 Å². The number of hydrogen-bond acceptors (Lipinski definition) is 5. The summed E-state index contributed by atoms with van der Waals surface area (Å²) in [5, 5.41) is 9.44. The van der Waals surface area contributed by atoms with Crippen LogP contribution in [-0.2, 0) is 23.9 Å². The molecule has 1 saturated carbocycles. The van der Waals surface area contributed by atoms with Gasteiger partial charge in [0, 0.05) is 22.6 Å². The molecule has 1 aliphatic heterocycles. The zero-order valence-corrected chi connectivity index (χ0v) is 15.3. The Morgan fingerprint density at radius 1 is 1.42 bits per heavy atom. The van der Waals surface area contributed by atoms with Crippen LogP contribution >= 0.6 is 0 Å². The van der Waals surface area contributed by atoms with Crippen molar-refractivity contribution < 1.29 is 29.0 Å².